The number of carbonyl (C=O) groups excluding carboxylic acids is 1. The summed E-state index contributed by atoms with van der Waals surface area (Å²) in [5.74, 6) is 0.805. The van der Waals surface area contributed by atoms with Gasteiger partial charge in [-0.3, -0.25) is 9.69 Å². The fourth-order valence-corrected chi connectivity index (χ4v) is 3.61. The molecule has 0 saturated carbocycles. The van der Waals surface area contributed by atoms with E-state index in [-0.39, 0.29) is 11.2 Å². The highest BCUT2D eigenvalue weighted by Crippen LogP contribution is 2.23. The summed E-state index contributed by atoms with van der Waals surface area (Å²) in [5.41, 5.74) is 0. The van der Waals surface area contributed by atoms with E-state index in [4.69, 9.17) is 4.74 Å². The van der Waals surface area contributed by atoms with Crippen molar-refractivity contribution >= 4 is 34.1 Å². The number of amides is 1. The first-order chi connectivity index (χ1) is 11.6. The van der Waals surface area contributed by atoms with Gasteiger partial charge in [0.15, 0.2) is 10.3 Å². The zero-order valence-electron chi connectivity index (χ0n) is 13.6. The highest BCUT2D eigenvalue weighted by Gasteiger charge is 2.21. The SMILES string of the molecule is C[C@@H](Sc1nnc(CN2CCOCC2)n1C)C(=O)Nc1nccs1. The van der Waals surface area contributed by atoms with Crippen LogP contribution in [0.4, 0.5) is 5.13 Å². The molecule has 0 aromatic carbocycles. The van der Waals surface area contributed by atoms with Gasteiger partial charge < -0.3 is 14.6 Å². The first-order valence-electron chi connectivity index (χ1n) is 7.69. The quantitative estimate of drug-likeness (QED) is 0.768. The minimum atomic E-state index is -0.284. The number of nitrogens with one attached hydrogen (secondary N) is 1. The molecule has 1 atom stereocenters. The molecule has 1 saturated heterocycles. The van der Waals surface area contributed by atoms with Crippen molar-refractivity contribution < 1.29 is 9.53 Å². The largest absolute Gasteiger partial charge is 0.379 e. The van der Waals surface area contributed by atoms with Gasteiger partial charge in [0.1, 0.15) is 5.82 Å². The third-order valence-corrected chi connectivity index (χ3v) is 5.53. The molecular formula is C14H20N6O2S2. The standard InChI is InChI=1S/C14H20N6O2S2/c1-10(12(21)16-13-15-3-8-23-13)24-14-18-17-11(19(14)2)9-20-4-6-22-7-5-20/h3,8,10H,4-7,9H2,1-2H3,(H,15,16,21)/t10-/m1/s1. The van der Waals surface area contributed by atoms with E-state index < -0.39 is 0 Å². The van der Waals surface area contributed by atoms with Gasteiger partial charge in [0.2, 0.25) is 5.91 Å². The summed E-state index contributed by atoms with van der Waals surface area (Å²) in [5, 5.41) is 14.2. The number of thiazole rings is 1. The Morgan fingerprint density at radius 2 is 2.25 bits per heavy atom. The Bertz CT molecular complexity index is 669. The van der Waals surface area contributed by atoms with Crippen LogP contribution in [0.5, 0.6) is 0 Å². The zero-order chi connectivity index (χ0) is 16.9. The molecule has 10 heteroatoms. The van der Waals surface area contributed by atoms with E-state index in [0.717, 1.165) is 43.8 Å². The fraction of sp³-hybridized carbons (Fsp3) is 0.571. The molecule has 2 aromatic heterocycles. The number of nitrogens with zero attached hydrogens (tertiary/aromatic N) is 5. The Morgan fingerprint density at radius 1 is 1.46 bits per heavy atom. The van der Waals surface area contributed by atoms with Gasteiger partial charge in [-0.2, -0.15) is 0 Å². The van der Waals surface area contributed by atoms with Crippen molar-refractivity contribution in [2.45, 2.75) is 23.9 Å². The van der Waals surface area contributed by atoms with Crippen molar-refractivity contribution in [1.82, 2.24) is 24.6 Å². The minimum Gasteiger partial charge on any atom is -0.379 e. The van der Waals surface area contributed by atoms with Crippen LogP contribution >= 0.6 is 23.1 Å². The number of rotatable bonds is 6. The van der Waals surface area contributed by atoms with Crippen molar-refractivity contribution in [3.8, 4) is 0 Å². The second-order valence-corrected chi connectivity index (χ2v) is 7.64. The second-order valence-electron chi connectivity index (χ2n) is 5.43. The third kappa shape index (κ3) is 4.32. The Balaban J connectivity index is 1.57. The van der Waals surface area contributed by atoms with Crippen LogP contribution in [0.3, 0.4) is 0 Å². The van der Waals surface area contributed by atoms with Gasteiger partial charge in [0.25, 0.3) is 0 Å². The van der Waals surface area contributed by atoms with E-state index in [2.05, 4.69) is 25.4 Å². The number of thioether (sulfide) groups is 1. The van der Waals surface area contributed by atoms with E-state index >= 15 is 0 Å². The molecule has 24 heavy (non-hydrogen) atoms. The normalized spacial score (nSPS) is 16.9. The molecule has 130 valence electrons. The summed E-state index contributed by atoms with van der Waals surface area (Å²) >= 11 is 2.79. The molecule has 0 bridgehead atoms. The number of morpholine rings is 1. The Morgan fingerprint density at radius 3 is 2.96 bits per heavy atom. The monoisotopic (exact) mass is 368 g/mol. The number of hydrogen-bond donors (Lipinski definition) is 1. The molecule has 1 amide bonds. The summed E-state index contributed by atoms with van der Waals surface area (Å²) in [6.45, 7) is 5.92. The van der Waals surface area contributed by atoms with Crippen LogP contribution in [0.15, 0.2) is 16.7 Å². The fourth-order valence-electron chi connectivity index (χ4n) is 2.25. The molecule has 1 aliphatic heterocycles. The van der Waals surface area contributed by atoms with Crippen LogP contribution in [0, 0.1) is 0 Å². The number of carbonyl (C=O) groups is 1. The van der Waals surface area contributed by atoms with Gasteiger partial charge in [-0.15, -0.1) is 21.5 Å². The molecule has 2 aromatic rings. The molecular weight excluding hydrogens is 348 g/mol. The van der Waals surface area contributed by atoms with Crippen LogP contribution in [0.1, 0.15) is 12.7 Å². The third-order valence-electron chi connectivity index (χ3n) is 3.71. The van der Waals surface area contributed by atoms with Crippen molar-refractivity contribution in [2.24, 2.45) is 7.05 Å². The number of ether oxygens (including phenoxy) is 1. The Hall–Kier alpha value is -1.49. The maximum atomic E-state index is 12.2. The molecule has 3 rings (SSSR count). The van der Waals surface area contributed by atoms with Crippen LogP contribution in [-0.4, -0.2) is 62.1 Å². The predicted molar refractivity (Wildman–Crippen MR) is 93.2 cm³/mol. The first-order valence-corrected chi connectivity index (χ1v) is 9.45. The smallest absolute Gasteiger partial charge is 0.239 e. The van der Waals surface area contributed by atoms with E-state index in [0.29, 0.717) is 5.13 Å². The summed E-state index contributed by atoms with van der Waals surface area (Å²) in [7, 11) is 1.93. The lowest BCUT2D eigenvalue weighted by Crippen LogP contribution is -2.36. The van der Waals surface area contributed by atoms with Gasteiger partial charge in [0.05, 0.1) is 25.0 Å². The van der Waals surface area contributed by atoms with Gasteiger partial charge in [0, 0.05) is 31.7 Å². The summed E-state index contributed by atoms with van der Waals surface area (Å²) in [6, 6.07) is 0. The van der Waals surface area contributed by atoms with Crippen molar-refractivity contribution in [2.75, 3.05) is 31.6 Å². The number of hydrogen-bond acceptors (Lipinski definition) is 8. The van der Waals surface area contributed by atoms with Gasteiger partial charge >= 0.3 is 0 Å². The highest BCUT2D eigenvalue weighted by atomic mass is 32.2. The van der Waals surface area contributed by atoms with Gasteiger partial charge in [-0.05, 0) is 6.92 Å². The minimum absolute atomic E-state index is 0.0901. The average molecular weight is 368 g/mol. The Labute approximate surface area is 148 Å². The number of anilines is 1. The van der Waals surface area contributed by atoms with Crippen molar-refractivity contribution in [1.29, 1.82) is 0 Å². The lowest BCUT2D eigenvalue weighted by Gasteiger charge is -2.25. The highest BCUT2D eigenvalue weighted by molar-refractivity contribution is 8.00. The molecule has 0 aliphatic carbocycles. The maximum Gasteiger partial charge on any atom is 0.239 e. The van der Waals surface area contributed by atoms with E-state index in [9.17, 15) is 4.79 Å². The molecule has 1 N–H and O–H groups in total. The second kappa shape index (κ2) is 8.06. The topological polar surface area (TPSA) is 85.2 Å². The van der Waals surface area contributed by atoms with E-state index in [1.54, 1.807) is 6.20 Å². The maximum absolute atomic E-state index is 12.2. The lowest BCUT2D eigenvalue weighted by molar-refractivity contribution is -0.115. The average Bonchev–Trinajstić information content (AvgIpc) is 3.21. The number of aromatic nitrogens is 4. The van der Waals surface area contributed by atoms with Crippen LogP contribution < -0.4 is 5.32 Å². The summed E-state index contributed by atoms with van der Waals surface area (Å²) in [6.07, 6.45) is 1.67. The van der Waals surface area contributed by atoms with Crippen LogP contribution in [0.2, 0.25) is 0 Å². The summed E-state index contributed by atoms with van der Waals surface area (Å²) < 4.78 is 7.31. The Kier molecular flexibility index (Phi) is 5.82. The molecule has 0 radical (unpaired) electrons. The molecule has 0 spiro atoms. The van der Waals surface area contributed by atoms with Crippen molar-refractivity contribution in [3.63, 3.8) is 0 Å². The van der Waals surface area contributed by atoms with E-state index in [1.807, 2.05) is 23.9 Å². The molecule has 8 nitrogen and oxygen atoms in total. The van der Waals surface area contributed by atoms with Crippen LogP contribution in [0.25, 0.3) is 0 Å². The van der Waals surface area contributed by atoms with Gasteiger partial charge in [-0.25, -0.2) is 4.98 Å². The van der Waals surface area contributed by atoms with E-state index in [1.165, 1.54) is 23.1 Å². The summed E-state index contributed by atoms with van der Waals surface area (Å²) in [4.78, 5) is 18.6. The predicted octanol–water partition coefficient (Wildman–Crippen LogP) is 1.22. The lowest BCUT2D eigenvalue weighted by atomic mass is 10.4. The zero-order valence-corrected chi connectivity index (χ0v) is 15.3. The van der Waals surface area contributed by atoms with Crippen LogP contribution in [-0.2, 0) is 23.1 Å². The molecule has 1 fully saturated rings. The molecule has 3 heterocycles. The molecule has 0 unspecified atom stereocenters. The first kappa shape index (κ1) is 17.3. The van der Waals surface area contributed by atoms with Gasteiger partial charge in [-0.1, -0.05) is 11.8 Å². The van der Waals surface area contributed by atoms with Crippen molar-refractivity contribution in [3.05, 3.63) is 17.4 Å². The molecule has 1 aliphatic rings.